The molecule has 0 radical (unpaired) electrons. The number of morpholine rings is 1. The monoisotopic (exact) mass is 435 g/mol. The molecular formula is C27H49NO3. The van der Waals surface area contributed by atoms with E-state index in [1.54, 1.807) is 0 Å². The average Bonchev–Trinajstić information content (AvgIpc) is 2.69. The van der Waals surface area contributed by atoms with Gasteiger partial charge in [-0.1, -0.05) is 95.6 Å². The third kappa shape index (κ3) is 10.4. The Morgan fingerprint density at radius 2 is 1.48 bits per heavy atom. The third-order valence-corrected chi connectivity index (χ3v) is 6.48. The summed E-state index contributed by atoms with van der Waals surface area (Å²) in [6, 6.07) is 0.176. The van der Waals surface area contributed by atoms with Crippen molar-refractivity contribution in [2.75, 3.05) is 13.2 Å². The standard InChI is InChI=1S/C27H49NO3/c1-5-6-7-8-9-10-11-12-13-14-15-16-17-18-23-19-24-21-30-22-25(20-23)28(24)26(29)31-27(2,3)4/h19,24-25H,5-18,20-22H2,1-4H3. The first-order chi connectivity index (χ1) is 14.9. The molecule has 1 saturated heterocycles. The van der Waals surface area contributed by atoms with Crippen LogP contribution in [-0.4, -0.2) is 41.9 Å². The van der Waals surface area contributed by atoms with Crippen molar-refractivity contribution in [3.05, 3.63) is 11.6 Å². The van der Waals surface area contributed by atoms with Crippen molar-refractivity contribution in [3.8, 4) is 0 Å². The predicted octanol–water partition coefficient (Wildman–Crippen LogP) is 7.80. The van der Waals surface area contributed by atoms with Gasteiger partial charge in [0.2, 0.25) is 0 Å². The molecule has 0 aromatic carbocycles. The van der Waals surface area contributed by atoms with E-state index in [2.05, 4.69) is 13.0 Å². The van der Waals surface area contributed by atoms with Crippen molar-refractivity contribution in [1.82, 2.24) is 4.90 Å². The van der Waals surface area contributed by atoms with Crippen molar-refractivity contribution in [2.45, 2.75) is 142 Å². The summed E-state index contributed by atoms with van der Waals surface area (Å²) in [5.74, 6) is 0. The van der Waals surface area contributed by atoms with Gasteiger partial charge in [-0.3, -0.25) is 4.90 Å². The highest BCUT2D eigenvalue weighted by atomic mass is 16.6. The molecule has 4 heteroatoms. The number of nitrogens with zero attached hydrogens (tertiary/aromatic N) is 1. The predicted molar refractivity (Wildman–Crippen MR) is 129 cm³/mol. The van der Waals surface area contributed by atoms with Crippen LogP contribution in [0.5, 0.6) is 0 Å². The zero-order chi connectivity index (χ0) is 22.5. The van der Waals surface area contributed by atoms with Crippen molar-refractivity contribution in [2.24, 2.45) is 0 Å². The van der Waals surface area contributed by atoms with Crippen LogP contribution in [0.25, 0.3) is 0 Å². The third-order valence-electron chi connectivity index (χ3n) is 6.48. The minimum absolute atomic E-state index is 0.0410. The summed E-state index contributed by atoms with van der Waals surface area (Å²) in [4.78, 5) is 14.6. The van der Waals surface area contributed by atoms with Crippen LogP contribution in [0.2, 0.25) is 0 Å². The fourth-order valence-corrected chi connectivity index (χ4v) is 4.84. The zero-order valence-corrected chi connectivity index (χ0v) is 20.9. The Morgan fingerprint density at radius 3 is 2.00 bits per heavy atom. The molecule has 2 unspecified atom stereocenters. The Balaban J connectivity index is 1.56. The van der Waals surface area contributed by atoms with Gasteiger partial charge in [0.15, 0.2) is 0 Å². The Hall–Kier alpha value is -1.03. The van der Waals surface area contributed by atoms with Gasteiger partial charge in [0, 0.05) is 0 Å². The summed E-state index contributed by atoms with van der Waals surface area (Å²) in [6.07, 6.45) is 22.3. The molecule has 2 rings (SSSR count). The molecule has 1 amide bonds. The minimum atomic E-state index is -0.454. The summed E-state index contributed by atoms with van der Waals surface area (Å²) in [5, 5.41) is 0. The topological polar surface area (TPSA) is 38.8 Å². The van der Waals surface area contributed by atoms with Crippen LogP contribution in [0.4, 0.5) is 4.79 Å². The molecule has 2 aliphatic heterocycles. The molecule has 180 valence electrons. The van der Waals surface area contributed by atoms with Crippen LogP contribution in [-0.2, 0) is 9.47 Å². The lowest BCUT2D eigenvalue weighted by molar-refractivity contribution is -0.0538. The molecule has 2 heterocycles. The van der Waals surface area contributed by atoms with E-state index in [4.69, 9.17) is 9.47 Å². The molecular weight excluding hydrogens is 386 g/mol. The Kier molecular flexibility index (Phi) is 12.0. The number of hydrogen-bond acceptors (Lipinski definition) is 3. The van der Waals surface area contributed by atoms with Gasteiger partial charge in [-0.05, 0) is 40.0 Å². The highest BCUT2D eigenvalue weighted by Gasteiger charge is 2.39. The molecule has 31 heavy (non-hydrogen) atoms. The first-order valence-electron chi connectivity index (χ1n) is 13.2. The molecule has 2 aliphatic rings. The molecule has 0 aromatic heterocycles. The lowest BCUT2D eigenvalue weighted by Crippen LogP contribution is -2.57. The van der Waals surface area contributed by atoms with Gasteiger partial charge >= 0.3 is 6.09 Å². The number of fused-ring (bicyclic) bond motifs is 2. The largest absolute Gasteiger partial charge is 0.444 e. The molecule has 0 saturated carbocycles. The Morgan fingerprint density at radius 1 is 0.935 bits per heavy atom. The molecule has 1 fully saturated rings. The van der Waals surface area contributed by atoms with Gasteiger partial charge in [0.25, 0.3) is 0 Å². The molecule has 4 nitrogen and oxygen atoms in total. The number of rotatable bonds is 14. The van der Waals surface area contributed by atoms with Crippen LogP contribution in [0, 0.1) is 0 Å². The lowest BCUT2D eigenvalue weighted by Gasteiger charge is -2.44. The molecule has 2 atom stereocenters. The number of amides is 1. The van der Waals surface area contributed by atoms with Crippen LogP contribution >= 0.6 is 0 Å². The smallest absolute Gasteiger partial charge is 0.411 e. The maximum atomic E-state index is 12.6. The van der Waals surface area contributed by atoms with Crippen molar-refractivity contribution < 1.29 is 14.3 Å². The zero-order valence-electron chi connectivity index (χ0n) is 20.9. The molecule has 2 bridgehead atoms. The van der Waals surface area contributed by atoms with E-state index < -0.39 is 5.60 Å². The first-order valence-corrected chi connectivity index (χ1v) is 13.2. The molecule has 0 spiro atoms. The first kappa shape index (κ1) is 26.2. The van der Waals surface area contributed by atoms with E-state index in [1.165, 1.54) is 95.5 Å². The van der Waals surface area contributed by atoms with Crippen molar-refractivity contribution in [3.63, 3.8) is 0 Å². The maximum absolute atomic E-state index is 12.6. The van der Waals surface area contributed by atoms with E-state index in [0.29, 0.717) is 13.2 Å². The number of hydrogen-bond donors (Lipinski definition) is 0. The van der Waals surface area contributed by atoms with Gasteiger partial charge in [-0.25, -0.2) is 4.79 Å². The van der Waals surface area contributed by atoms with Gasteiger partial charge in [-0.2, -0.15) is 0 Å². The fourth-order valence-electron chi connectivity index (χ4n) is 4.84. The summed E-state index contributed by atoms with van der Waals surface area (Å²) in [6.45, 7) is 9.29. The van der Waals surface area contributed by atoms with E-state index in [0.717, 1.165) is 6.42 Å². The van der Waals surface area contributed by atoms with E-state index in [-0.39, 0.29) is 18.2 Å². The molecule has 0 aliphatic carbocycles. The highest BCUT2D eigenvalue weighted by Crippen LogP contribution is 2.31. The normalized spacial score (nSPS) is 21.2. The Labute approximate surface area is 192 Å². The van der Waals surface area contributed by atoms with Gasteiger partial charge < -0.3 is 9.47 Å². The van der Waals surface area contributed by atoms with Gasteiger partial charge in [0.05, 0.1) is 25.3 Å². The SMILES string of the molecule is CCCCCCCCCCCCCCCC1=CC2COCC(C1)N2C(=O)OC(C)(C)C. The van der Waals surface area contributed by atoms with Crippen LogP contribution in [0.3, 0.4) is 0 Å². The van der Waals surface area contributed by atoms with E-state index in [9.17, 15) is 4.79 Å². The minimum Gasteiger partial charge on any atom is -0.444 e. The summed E-state index contributed by atoms with van der Waals surface area (Å²) >= 11 is 0. The molecule has 0 aromatic rings. The fraction of sp³-hybridized carbons (Fsp3) is 0.889. The second-order valence-corrected chi connectivity index (χ2v) is 10.7. The van der Waals surface area contributed by atoms with Crippen molar-refractivity contribution in [1.29, 1.82) is 0 Å². The number of unbranched alkanes of at least 4 members (excludes halogenated alkanes) is 12. The van der Waals surface area contributed by atoms with E-state index >= 15 is 0 Å². The highest BCUT2D eigenvalue weighted by molar-refractivity contribution is 5.70. The summed E-state index contributed by atoms with van der Waals surface area (Å²) in [5.41, 5.74) is 1.06. The van der Waals surface area contributed by atoms with Crippen LogP contribution in [0.1, 0.15) is 124 Å². The van der Waals surface area contributed by atoms with Crippen molar-refractivity contribution >= 4 is 6.09 Å². The average molecular weight is 436 g/mol. The number of carbonyl (C=O) groups excluding carboxylic acids is 1. The molecule has 0 N–H and O–H groups in total. The summed E-state index contributed by atoms with van der Waals surface area (Å²) in [7, 11) is 0. The van der Waals surface area contributed by atoms with Crippen LogP contribution < -0.4 is 0 Å². The summed E-state index contributed by atoms with van der Waals surface area (Å²) < 4.78 is 11.4. The van der Waals surface area contributed by atoms with Gasteiger partial charge in [-0.15, -0.1) is 0 Å². The quantitative estimate of drug-likeness (QED) is 0.206. The number of carbonyl (C=O) groups is 1. The number of ether oxygens (including phenoxy) is 2. The van der Waals surface area contributed by atoms with Crippen LogP contribution in [0.15, 0.2) is 11.6 Å². The Bertz CT molecular complexity index is 537. The maximum Gasteiger partial charge on any atom is 0.411 e. The van der Waals surface area contributed by atoms with E-state index in [1.807, 2.05) is 25.7 Å². The van der Waals surface area contributed by atoms with Gasteiger partial charge in [0.1, 0.15) is 5.60 Å². The second-order valence-electron chi connectivity index (χ2n) is 10.7. The second kappa shape index (κ2) is 14.2. The lowest BCUT2D eigenvalue weighted by atomic mass is 9.91.